The van der Waals surface area contributed by atoms with Gasteiger partial charge in [-0.2, -0.15) is 0 Å². The van der Waals surface area contributed by atoms with Crippen molar-refractivity contribution >= 4 is 6.34 Å². The molecule has 13 heavy (non-hydrogen) atoms. The Balaban J connectivity index is 3.98. The molecule has 0 aromatic heterocycles. The monoisotopic (exact) mass is 178 g/mol. The van der Waals surface area contributed by atoms with E-state index in [9.17, 15) is 0 Å². The Labute approximate surface area is 80.6 Å². The van der Waals surface area contributed by atoms with E-state index in [0.29, 0.717) is 6.54 Å². The van der Waals surface area contributed by atoms with Gasteiger partial charge in [0.1, 0.15) is 0 Å². The Hall–Kier alpha value is -1.31. The number of aliphatic imine (C=N–C) groups is 1. The van der Waals surface area contributed by atoms with Crippen LogP contribution in [-0.2, 0) is 0 Å². The number of nitrogens with two attached hydrogens (primary N) is 1. The first-order valence-corrected chi connectivity index (χ1v) is 4.35. The third kappa shape index (κ3) is 8.60. The van der Waals surface area contributed by atoms with E-state index in [-0.39, 0.29) is 0 Å². The second kappa shape index (κ2) is 7.35. The van der Waals surface area contributed by atoms with Gasteiger partial charge in [-0.15, -0.1) is 0 Å². The third-order valence-electron chi connectivity index (χ3n) is 1.41. The lowest BCUT2D eigenvalue weighted by Crippen LogP contribution is -1.89. The van der Waals surface area contributed by atoms with E-state index in [0.717, 1.165) is 0 Å². The van der Waals surface area contributed by atoms with Crippen LogP contribution in [0.5, 0.6) is 0 Å². The average molecular weight is 178 g/mol. The highest BCUT2D eigenvalue weighted by atomic mass is 14.8. The first-order valence-electron chi connectivity index (χ1n) is 4.35. The first kappa shape index (κ1) is 11.7. The summed E-state index contributed by atoms with van der Waals surface area (Å²) in [6.07, 6.45) is 9.51. The SMILES string of the molecule is CC(C)=C/C=C\C(C)=C\CN=CN. The lowest BCUT2D eigenvalue weighted by atomic mass is 10.2. The van der Waals surface area contributed by atoms with Crippen LogP contribution in [-0.4, -0.2) is 12.9 Å². The zero-order valence-corrected chi connectivity index (χ0v) is 8.62. The molecule has 0 fully saturated rings. The molecule has 0 unspecified atom stereocenters. The van der Waals surface area contributed by atoms with Gasteiger partial charge in [0.2, 0.25) is 0 Å². The summed E-state index contributed by atoms with van der Waals surface area (Å²) < 4.78 is 0. The normalized spacial score (nSPS) is 12.7. The Morgan fingerprint density at radius 3 is 2.54 bits per heavy atom. The van der Waals surface area contributed by atoms with Crippen molar-refractivity contribution in [1.29, 1.82) is 0 Å². The summed E-state index contributed by atoms with van der Waals surface area (Å²) in [6.45, 7) is 6.84. The van der Waals surface area contributed by atoms with Gasteiger partial charge in [-0.3, -0.25) is 4.99 Å². The highest BCUT2D eigenvalue weighted by Gasteiger charge is 1.79. The zero-order valence-electron chi connectivity index (χ0n) is 8.62. The Morgan fingerprint density at radius 2 is 2.00 bits per heavy atom. The van der Waals surface area contributed by atoms with E-state index in [1.165, 1.54) is 17.5 Å². The molecule has 0 aromatic rings. The average Bonchev–Trinajstić information content (AvgIpc) is 2.04. The number of hydrogen-bond acceptors (Lipinski definition) is 1. The molecular weight excluding hydrogens is 160 g/mol. The molecule has 0 aromatic carbocycles. The summed E-state index contributed by atoms with van der Waals surface area (Å²) in [7, 11) is 0. The minimum atomic E-state index is 0.654. The number of allylic oxidation sites excluding steroid dienone is 5. The zero-order chi connectivity index (χ0) is 10.1. The number of rotatable bonds is 4. The first-order chi connectivity index (χ1) is 6.16. The molecule has 0 radical (unpaired) electrons. The lowest BCUT2D eigenvalue weighted by molar-refractivity contribution is 1.22. The molecular formula is C11H18N2. The predicted octanol–water partition coefficient (Wildman–Crippen LogP) is 2.44. The quantitative estimate of drug-likeness (QED) is 0.401. The number of nitrogens with zero attached hydrogens (tertiary/aromatic N) is 1. The maximum absolute atomic E-state index is 5.11. The van der Waals surface area contributed by atoms with Crippen molar-refractivity contribution < 1.29 is 0 Å². The van der Waals surface area contributed by atoms with Gasteiger partial charge >= 0.3 is 0 Å². The third-order valence-corrected chi connectivity index (χ3v) is 1.41. The van der Waals surface area contributed by atoms with Gasteiger partial charge in [-0.05, 0) is 20.8 Å². The van der Waals surface area contributed by atoms with Crippen molar-refractivity contribution in [3.8, 4) is 0 Å². The fraction of sp³-hybridized carbons (Fsp3) is 0.364. The highest BCUT2D eigenvalue weighted by Crippen LogP contribution is 1.96. The molecule has 2 heteroatoms. The van der Waals surface area contributed by atoms with Gasteiger partial charge in [0.25, 0.3) is 0 Å². The summed E-state index contributed by atoms with van der Waals surface area (Å²) in [5.74, 6) is 0. The predicted molar refractivity (Wildman–Crippen MR) is 59.9 cm³/mol. The van der Waals surface area contributed by atoms with Crippen LogP contribution in [0.1, 0.15) is 20.8 Å². The minimum Gasteiger partial charge on any atom is -0.390 e. The lowest BCUT2D eigenvalue weighted by Gasteiger charge is -1.89. The van der Waals surface area contributed by atoms with E-state index in [1.54, 1.807) is 0 Å². The van der Waals surface area contributed by atoms with E-state index in [2.05, 4.69) is 31.0 Å². The van der Waals surface area contributed by atoms with Crippen molar-refractivity contribution in [2.24, 2.45) is 10.7 Å². The number of hydrogen-bond donors (Lipinski definition) is 1. The van der Waals surface area contributed by atoms with E-state index >= 15 is 0 Å². The minimum absolute atomic E-state index is 0.654. The molecule has 0 aliphatic heterocycles. The van der Waals surface area contributed by atoms with Crippen LogP contribution in [0.15, 0.2) is 40.4 Å². The van der Waals surface area contributed by atoms with Gasteiger partial charge in [-0.1, -0.05) is 35.5 Å². The van der Waals surface area contributed by atoms with Crippen LogP contribution < -0.4 is 5.73 Å². The highest BCUT2D eigenvalue weighted by molar-refractivity contribution is 5.51. The molecule has 0 atom stereocenters. The summed E-state index contributed by atoms with van der Waals surface area (Å²) in [5, 5.41) is 0. The molecule has 0 amide bonds. The second-order valence-corrected chi connectivity index (χ2v) is 3.07. The molecule has 0 heterocycles. The summed E-state index contributed by atoms with van der Waals surface area (Å²) in [5.41, 5.74) is 7.60. The molecule has 0 rings (SSSR count). The Bertz CT molecular complexity index is 241. The molecule has 2 N–H and O–H groups in total. The van der Waals surface area contributed by atoms with Crippen LogP contribution in [0.3, 0.4) is 0 Å². The van der Waals surface area contributed by atoms with Gasteiger partial charge < -0.3 is 5.73 Å². The van der Waals surface area contributed by atoms with Crippen molar-refractivity contribution in [2.75, 3.05) is 6.54 Å². The van der Waals surface area contributed by atoms with Crippen LogP contribution in [0, 0.1) is 0 Å². The Kier molecular flexibility index (Phi) is 6.60. The fourth-order valence-electron chi connectivity index (χ4n) is 0.718. The van der Waals surface area contributed by atoms with Crippen LogP contribution in [0.25, 0.3) is 0 Å². The van der Waals surface area contributed by atoms with E-state index in [1.807, 2.05) is 19.1 Å². The molecule has 0 saturated heterocycles. The van der Waals surface area contributed by atoms with Crippen LogP contribution in [0.2, 0.25) is 0 Å². The van der Waals surface area contributed by atoms with Gasteiger partial charge in [0, 0.05) is 0 Å². The molecule has 0 aliphatic carbocycles. The maximum Gasteiger partial charge on any atom is 0.0801 e. The van der Waals surface area contributed by atoms with Crippen LogP contribution in [0.4, 0.5) is 0 Å². The van der Waals surface area contributed by atoms with Crippen molar-refractivity contribution in [3.63, 3.8) is 0 Å². The largest absolute Gasteiger partial charge is 0.390 e. The van der Waals surface area contributed by atoms with Crippen molar-refractivity contribution in [1.82, 2.24) is 0 Å². The summed E-state index contributed by atoms with van der Waals surface area (Å²) in [4.78, 5) is 3.88. The van der Waals surface area contributed by atoms with Crippen LogP contribution >= 0.6 is 0 Å². The molecule has 0 spiro atoms. The van der Waals surface area contributed by atoms with E-state index < -0.39 is 0 Å². The Morgan fingerprint density at radius 1 is 1.31 bits per heavy atom. The molecule has 2 nitrogen and oxygen atoms in total. The molecule has 0 saturated carbocycles. The molecule has 0 bridgehead atoms. The van der Waals surface area contributed by atoms with Gasteiger partial charge in [0.15, 0.2) is 0 Å². The van der Waals surface area contributed by atoms with Crippen molar-refractivity contribution in [3.05, 3.63) is 35.5 Å². The smallest absolute Gasteiger partial charge is 0.0801 e. The second-order valence-electron chi connectivity index (χ2n) is 3.07. The molecule has 72 valence electrons. The summed E-state index contributed by atoms with van der Waals surface area (Å²) >= 11 is 0. The van der Waals surface area contributed by atoms with Crippen molar-refractivity contribution in [2.45, 2.75) is 20.8 Å². The fourth-order valence-corrected chi connectivity index (χ4v) is 0.718. The van der Waals surface area contributed by atoms with Gasteiger partial charge in [0.05, 0.1) is 12.9 Å². The summed E-state index contributed by atoms with van der Waals surface area (Å²) in [6, 6.07) is 0. The van der Waals surface area contributed by atoms with Gasteiger partial charge in [-0.25, -0.2) is 0 Å². The molecule has 0 aliphatic rings. The standard InChI is InChI=1S/C11H18N2/c1-10(2)5-4-6-11(3)7-8-13-9-12/h4-7,9H,8H2,1-3H3,(H2,12,13)/b6-4-,11-7+. The van der Waals surface area contributed by atoms with E-state index in [4.69, 9.17) is 5.73 Å². The maximum atomic E-state index is 5.11. The topological polar surface area (TPSA) is 38.4 Å².